The molecule has 0 aromatic carbocycles. The summed E-state index contributed by atoms with van der Waals surface area (Å²) in [6.07, 6.45) is 2.09. The maximum absolute atomic E-state index is 11.9. The molecule has 1 aliphatic heterocycles. The van der Waals surface area contributed by atoms with Gasteiger partial charge in [-0.15, -0.1) is 0 Å². The topological polar surface area (TPSA) is 82.2 Å². The van der Waals surface area contributed by atoms with E-state index in [0.717, 1.165) is 10.2 Å². The molecule has 2 rings (SSSR count). The van der Waals surface area contributed by atoms with Gasteiger partial charge in [0.25, 0.3) is 5.91 Å². The maximum atomic E-state index is 11.9. The van der Waals surface area contributed by atoms with Crippen molar-refractivity contribution in [1.29, 1.82) is 0 Å². The van der Waals surface area contributed by atoms with Crippen molar-refractivity contribution < 1.29 is 14.7 Å². The van der Waals surface area contributed by atoms with Crippen LogP contribution in [0.15, 0.2) is 16.7 Å². The normalized spacial score (nSPS) is 23.6. The lowest BCUT2D eigenvalue weighted by Crippen LogP contribution is -2.54. The molecule has 0 radical (unpaired) electrons. The van der Waals surface area contributed by atoms with Gasteiger partial charge in [-0.3, -0.25) is 4.79 Å². The van der Waals surface area contributed by atoms with Crippen molar-refractivity contribution in [2.75, 3.05) is 11.5 Å². The van der Waals surface area contributed by atoms with Gasteiger partial charge in [0.1, 0.15) is 11.2 Å². The fourth-order valence-electron chi connectivity index (χ4n) is 1.67. The first-order chi connectivity index (χ1) is 8.03. The van der Waals surface area contributed by atoms with Gasteiger partial charge in [-0.1, -0.05) is 0 Å². The molecule has 1 aromatic rings. The molecule has 5 nitrogen and oxygen atoms in total. The summed E-state index contributed by atoms with van der Waals surface area (Å²) in [5.41, 5.74) is -0.770. The quantitative estimate of drug-likeness (QED) is 0.788. The third kappa shape index (κ3) is 2.50. The molecule has 0 spiro atoms. The summed E-state index contributed by atoms with van der Waals surface area (Å²) in [5, 5.41) is 11.8. The van der Waals surface area contributed by atoms with E-state index in [1.807, 2.05) is 0 Å². The van der Waals surface area contributed by atoms with Crippen molar-refractivity contribution in [1.82, 2.24) is 10.3 Å². The van der Waals surface area contributed by atoms with Crippen LogP contribution >= 0.6 is 27.7 Å². The number of amides is 1. The van der Waals surface area contributed by atoms with Crippen molar-refractivity contribution in [3.05, 3.63) is 22.4 Å². The van der Waals surface area contributed by atoms with Crippen LogP contribution in [0, 0.1) is 0 Å². The Morgan fingerprint density at radius 2 is 2.35 bits per heavy atom. The van der Waals surface area contributed by atoms with Gasteiger partial charge in [-0.2, -0.15) is 11.8 Å². The standard InChI is InChI=1S/C10H11BrN2O3S/c11-6-3-7(12-4-6)8(14)13-10(9(15)16)1-2-17-5-10/h3-4,12H,1-2,5H2,(H,13,14)(H,15,16)/t10-/m0/s1. The predicted molar refractivity (Wildman–Crippen MR) is 68.3 cm³/mol. The van der Waals surface area contributed by atoms with Crippen LogP contribution in [-0.2, 0) is 4.79 Å². The number of rotatable bonds is 3. The Morgan fingerprint density at radius 3 is 2.82 bits per heavy atom. The highest BCUT2D eigenvalue weighted by Crippen LogP contribution is 2.28. The molecule has 0 bridgehead atoms. The third-order valence-corrected chi connectivity index (χ3v) is 4.32. The second-order valence-corrected chi connectivity index (χ2v) is 5.90. The van der Waals surface area contributed by atoms with E-state index >= 15 is 0 Å². The molecule has 0 aliphatic carbocycles. The number of hydrogen-bond acceptors (Lipinski definition) is 3. The van der Waals surface area contributed by atoms with Gasteiger partial charge in [0.2, 0.25) is 0 Å². The summed E-state index contributed by atoms with van der Waals surface area (Å²) in [7, 11) is 0. The number of hydrogen-bond donors (Lipinski definition) is 3. The van der Waals surface area contributed by atoms with Gasteiger partial charge < -0.3 is 15.4 Å². The molecule has 7 heteroatoms. The molecule has 1 aromatic heterocycles. The van der Waals surface area contributed by atoms with Gasteiger partial charge in [0.05, 0.1) is 0 Å². The fraction of sp³-hybridized carbons (Fsp3) is 0.400. The minimum atomic E-state index is -1.13. The first-order valence-electron chi connectivity index (χ1n) is 5.01. The van der Waals surface area contributed by atoms with Crippen molar-refractivity contribution in [2.24, 2.45) is 0 Å². The van der Waals surface area contributed by atoms with E-state index in [2.05, 4.69) is 26.2 Å². The molecule has 1 atom stereocenters. The molecule has 1 saturated heterocycles. The minimum Gasteiger partial charge on any atom is -0.479 e. The molecule has 17 heavy (non-hydrogen) atoms. The van der Waals surface area contributed by atoms with Crippen molar-refractivity contribution >= 4 is 39.6 Å². The van der Waals surface area contributed by atoms with E-state index in [1.54, 1.807) is 12.3 Å². The summed E-state index contributed by atoms with van der Waals surface area (Å²) in [6.45, 7) is 0. The summed E-state index contributed by atoms with van der Waals surface area (Å²) in [5.74, 6) is -0.196. The Morgan fingerprint density at radius 1 is 1.59 bits per heavy atom. The second-order valence-electron chi connectivity index (χ2n) is 3.88. The lowest BCUT2D eigenvalue weighted by Gasteiger charge is -2.24. The highest BCUT2D eigenvalue weighted by Gasteiger charge is 2.43. The third-order valence-electron chi connectivity index (χ3n) is 2.68. The van der Waals surface area contributed by atoms with Gasteiger partial charge in [-0.25, -0.2) is 4.79 Å². The Balaban J connectivity index is 2.14. The zero-order valence-electron chi connectivity index (χ0n) is 8.83. The zero-order valence-corrected chi connectivity index (χ0v) is 11.2. The van der Waals surface area contributed by atoms with Gasteiger partial charge in [0, 0.05) is 16.4 Å². The van der Waals surface area contributed by atoms with Gasteiger partial charge >= 0.3 is 5.97 Å². The van der Waals surface area contributed by atoms with E-state index in [1.165, 1.54) is 11.8 Å². The number of carbonyl (C=O) groups is 2. The summed E-state index contributed by atoms with van der Waals surface area (Å²) < 4.78 is 0.757. The monoisotopic (exact) mass is 318 g/mol. The number of aromatic amines is 1. The van der Waals surface area contributed by atoms with E-state index < -0.39 is 11.5 Å². The molecule has 2 heterocycles. The summed E-state index contributed by atoms with van der Waals surface area (Å²) in [4.78, 5) is 25.9. The molecular formula is C10H11BrN2O3S. The number of carboxylic acid groups (broad SMARTS) is 1. The Labute approximate surface area is 110 Å². The molecule has 1 fully saturated rings. The second kappa shape index (κ2) is 4.73. The van der Waals surface area contributed by atoms with E-state index in [0.29, 0.717) is 17.9 Å². The van der Waals surface area contributed by atoms with Crippen molar-refractivity contribution in [2.45, 2.75) is 12.0 Å². The van der Waals surface area contributed by atoms with Crippen LogP contribution in [0.3, 0.4) is 0 Å². The van der Waals surface area contributed by atoms with Crippen LogP contribution in [0.1, 0.15) is 16.9 Å². The Bertz CT molecular complexity index is 454. The molecule has 92 valence electrons. The lowest BCUT2D eigenvalue weighted by atomic mass is 9.99. The molecule has 3 N–H and O–H groups in total. The van der Waals surface area contributed by atoms with Crippen LogP contribution in [0.5, 0.6) is 0 Å². The smallest absolute Gasteiger partial charge is 0.330 e. The molecule has 0 saturated carbocycles. The molecule has 1 amide bonds. The number of thioether (sulfide) groups is 1. The molecular weight excluding hydrogens is 308 g/mol. The maximum Gasteiger partial charge on any atom is 0.330 e. The number of nitrogens with one attached hydrogen (secondary N) is 2. The lowest BCUT2D eigenvalue weighted by molar-refractivity contribution is -0.143. The zero-order chi connectivity index (χ0) is 12.5. The summed E-state index contributed by atoms with van der Waals surface area (Å²) >= 11 is 4.76. The number of H-pyrrole nitrogens is 1. The number of carboxylic acids is 1. The number of halogens is 1. The first-order valence-corrected chi connectivity index (χ1v) is 6.96. The average molecular weight is 319 g/mol. The Kier molecular flexibility index (Phi) is 3.48. The predicted octanol–water partition coefficient (Wildman–Crippen LogP) is 1.47. The highest BCUT2D eigenvalue weighted by atomic mass is 79.9. The van der Waals surface area contributed by atoms with Crippen LogP contribution < -0.4 is 5.32 Å². The molecule has 0 unspecified atom stereocenters. The largest absolute Gasteiger partial charge is 0.479 e. The van der Waals surface area contributed by atoms with Crippen LogP contribution in [0.4, 0.5) is 0 Å². The average Bonchev–Trinajstić information content (AvgIpc) is 2.87. The molecule has 1 aliphatic rings. The number of carbonyl (C=O) groups excluding carboxylic acids is 1. The van der Waals surface area contributed by atoms with E-state index in [9.17, 15) is 14.7 Å². The first kappa shape index (κ1) is 12.5. The van der Waals surface area contributed by atoms with Gasteiger partial charge in [0.15, 0.2) is 0 Å². The van der Waals surface area contributed by atoms with Crippen LogP contribution in [0.25, 0.3) is 0 Å². The van der Waals surface area contributed by atoms with E-state index in [4.69, 9.17) is 0 Å². The SMILES string of the molecule is O=C(N[C@@]1(C(=O)O)CCSC1)c1cc(Br)c[nH]1. The van der Waals surface area contributed by atoms with Crippen molar-refractivity contribution in [3.8, 4) is 0 Å². The Hall–Kier alpha value is -0.950. The number of aromatic nitrogens is 1. The fourth-order valence-corrected chi connectivity index (χ4v) is 3.34. The highest BCUT2D eigenvalue weighted by molar-refractivity contribution is 9.10. The number of aliphatic carboxylic acids is 1. The minimum absolute atomic E-state index is 0.356. The summed E-state index contributed by atoms with van der Waals surface area (Å²) in [6, 6.07) is 1.62. The van der Waals surface area contributed by atoms with Gasteiger partial charge in [-0.05, 0) is 34.2 Å². The van der Waals surface area contributed by atoms with E-state index in [-0.39, 0.29) is 5.91 Å². The van der Waals surface area contributed by atoms with Crippen molar-refractivity contribution in [3.63, 3.8) is 0 Å². The van der Waals surface area contributed by atoms with Crippen LogP contribution in [-0.4, -0.2) is 39.0 Å². The van der Waals surface area contributed by atoms with Crippen LogP contribution in [0.2, 0.25) is 0 Å².